The van der Waals surface area contributed by atoms with Gasteiger partial charge in [0.05, 0.1) is 17.0 Å². The van der Waals surface area contributed by atoms with Gasteiger partial charge >= 0.3 is 5.97 Å². The predicted molar refractivity (Wildman–Crippen MR) is 89.4 cm³/mol. The minimum atomic E-state index is -1.32. The Labute approximate surface area is 142 Å². The number of hydrogen-bond acceptors (Lipinski definition) is 5. The van der Waals surface area contributed by atoms with E-state index in [9.17, 15) is 19.7 Å². The van der Waals surface area contributed by atoms with E-state index < -0.39 is 22.5 Å². The number of non-ortho nitro benzene ring substituents is 1. The van der Waals surface area contributed by atoms with Gasteiger partial charge < -0.3 is 10.0 Å². The summed E-state index contributed by atoms with van der Waals surface area (Å²) >= 11 is 1.50. The quantitative estimate of drug-likeness (QED) is 0.637. The third-order valence-corrected chi connectivity index (χ3v) is 4.27. The number of carbonyl (C=O) groups is 2. The Kier molecular flexibility index (Phi) is 5.30. The van der Waals surface area contributed by atoms with E-state index in [4.69, 9.17) is 5.11 Å². The lowest BCUT2D eigenvalue weighted by Gasteiger charge is -2.26. The minimum absolute atomic E-state index is 0.00754. The van der Waals surface area contributed by atoms with Crippen molar-refractivity contribution >= 4 is 28.9 Å². The van der Waals surface area contributed by atoms with Gasteiger partial charge in [-0.2, -0.15) is 0 Å². The first-order valence-electron chi connectivity index (χ1n) is 7.15. The lowest BCUT2D eigenvalue weighted by Crippen LogP contribution is -2.36. The average Bonchev–Trinajstić information content (AvgIpc) is 3.04. The highest BCUT2D eigenvalue weighted by Gasteiger charge is 2.23. The summed E-state index contributed by atoms with van der Waals surface area (Å²) in [6, 6.07) is 6.84. The Morgan fingerprint density at radius 2 is 1.96 bits per heavy atom. The summed E-state index contributed by atoms with van der Waals surface area (Å²) in [5.74, 6) is -1.76. The van der Waals surface area contributed by atoms with E-state index in [1.165, 1.54) is 17.4 Å². The fourth-order valence-corrected chi connectivity index (χ4v) is 2.89. The van der Waals surface area contributed by atoms with Crippen LogP contribution in [-0.2, 0) is 6.54 Å². The lowest BCUT2D eigenvalue weighted by molar-refractivity contribution is -0.384. The molecule has 8 heteroatoms. The number of aromatic carboxylic acids is 1. The van der Waals surface area contributed by atoms with E-state index in [1.807, 2.05) is 31.4 Å². The van der Waals surface area contributed by atoms with E-state index in [0.717, 1.165) is 17.0 Å². The Morgan fingerprint density at radius 1 is 1.29 bits per heavy atom. The number of hydrogen-bond donors (Lipinski definition) is 1. The number of carboxylic acid groups (broad SMARTS) is 1. The van der Waals surface area contributed by atoms with E-state index in [-0.39, 0.29) is 17.2 Å². The van der Waals surface area contributed by atoms with Gasteiger partial charge in [-0.15, -0.1) is 11.3 Å². The maximum atomic E-state index is 12.8. The highest BCUT2D eigenvalue weighted by molar-refractivity contribution is 7.09. The van der Waals surface area contributed by atoms with E-state index >= 15 is 0 Å². The largest absolute Gasteiger partial charge is 0.478 e. The fraction of sp³-hybridized carbons (Fsp3) is 0.250. The normalized spacial score (nSPS) is 10.6. The Balaban J connectivity index is 2.41. The topological polar surface area (TPSA) is 101 Å². The van der Waals surface area contributed by atoms with Crippen molar-refractivity contribution in [2.24, 2.45) is 0 Å². The molecule has 0 unspecified atom stereocenters. The Hall–Kier alpha value is -2.74. The van der Waals surface area contributed by atoms with Crippen LogP contribution >= 0.6 is 11.3 Å². The van der Waals surface area contributed by atoms with Crippen LogP contribution in [-0.4, -0.2) is 32.8 Å². The molecule has 1 heterocycles. The van der Waals surface area contributed by atoms with E-state index in [1.54, 1.807) is 4.90 Å². The number of nitro benzene ring substituents is 1. The van der Waals surface area contributed by atoms with Gasteiger partial charge in [0.1, 0.15) is 0 Å². The van der Waals surface area contributed by atoms with Gasteiger partial charge in [-0.25, -0.2) is 4.79 Å². The number of nitrogens with zero attached hydrogens (tertiary/aromatic N) is 2. The van der Waals surface area contributed by atoms with Gasteiger partial charge in [0.15, 0.2) is 0 Å². The van der Waals surface area contributed by atoms with Crippen LogP contribution in [0.3, 0.4) is 0 Å². The number of rotatable bonds is 6. The second-order valence-corrected chi connectivity index (χ2v) is 6.47. The summed E-state index contributed by atoms with van der Waals surface area (Å²) in [4.78, 5) is 36.8. The van der Waals surface area contributed by atoms with Crippen LogP contribution < -0.4 is 0 Å². The molecule has 0 aliphatic carbocycles. The van der Waals surface area contributed by atoms with Crippen LogP contribution in [0.2, 0.25) is 0 Å². The highest BCUT2D eigenvalue weighted by atomic mass is 32.1. The molecule has 0 fully saturated rings. The molecule has 0 saturated heterocycles. The summed E-state index contributed by atoms with van der Waals surface area (Å²) in [5.41, 5.74) is -0.711. The SMILES string of the molecule is CC(C)N(Cc1cccs1)C(=O)c1cc(C(=O)O)cc([N+](=O)[O-])c1. The molecule has 0 spiro atoms. The van der Waals surface area contributed by atoms with Crippen LogP contribution in [0.15, 0.2) is 35.7 Å². The van der Waals surface area contributed by atoms with Crippen molar-refractivity contribution in [1.82, 2.24) is 4.90 Å². The van der Waals surface area contributed by atoms with Gasteiger partial charge in [-0.3, -0.25) is 14.9 Å². The predicted octanol–water partition coefficient (Wildman–Crippen LogP) is 3.41. The first kappa shape index (κ1) is 17.6. The van der Waals surface area contributed by atoms with Crippen LogP contribution in [0.4, 0.5) is 5.69 Å². The maximum Gasteiger partial charge on any atom is 0.335 e. The lowest BCUT2D eigenvalue weighted by atomic mass is 10.1. The molecule has 0 aliphatic heterocycles. The Morgan fingerprint density at radius 3 is 2.46 bits per heavy atom. The summed E-state index contributed by atoms with van der Waals surface area (Å²) in [6.45, 7) is 4.03. The number of amides is 1. The second kappa shape index (κ2) is 7.22. The van der Waals surface area contributed by atoms with Crippen LogP contribution in [0.1, 0.15) is 39.4 Å². The average molecular weight is 348 g/mol. The first-order valence-corrected chi connectivity index (χ1v) is 8.03. The molecule has 0 atom stereocenters. The van der Waals surface area contributed by atoms with Crippen molar-refractivity contribution in [3.05, 3.63) is 61.8 Å². The van der Waals surface area contributed by atoms with Gasteiger partial charge in [-0.1, -0.05) is 6.07 Å². The summed E-state index contributed by atoms with van der Waals surface area (Å²) in [6.07, 6.45) is 0. The summed E-state index contributed by atoms with van der Waals surface area (Å²) in [5, 5.41) is 22.0. The molecule has 2 rings (SSSR count). The minimum Gasteiger partial charge on any atom is -0.478 e. The molecular weight excluding hydrogens is 332 g/mol. The zero-order chi connectivity index (χ0) is 17.9. The molecule has 0 saturated carbocycles. The first-order chi connectivity index (χ1) is 11.3. The van der Waals surface area contributed by atoms with Crippen molar-refractivity contribution in [1.29, 1.82) is 0 Å². The molecule has 0 aliphatic rings. The van der Waals surface area contributed by atoms with Gasteiger partial charge in [0.25, 0.3) is 11.6 Å². The fourth-order valence-electron chi connectivity index (χ4n) is 2.19. The molecule has 0 radical (unpaired) electrons. The smallest absolute Gasteiger partial charge is 0.335 e. The molecule has 2 aromatic rings. The molecular formula is C16H16N2O5S. The zero-order valence-corrected chi connectivity index (χ0v) is 13.9. The Bertz CT molecular complexity index is 739. The molecule has 1 N–H and O–H groups in total. The van der Waals surface area contributed by atoms with Crippen molar-refractivity contribution in [2.45, 2.75) is 26.4 Å². The third-order valence-electron chi connectivity index (χ3n) is 3.41. The second-order valence-electron chi connectivity index (χ2n) is 5.44. The number of carboxylic acids is 1. The van der Waals surface area contributed by atoms with Gasteiger partial charge in [0.2, 0.25) is 0 Å². The molecule has 1 aromatic heterocycles. The number of carbonyl (C=O) groups excluding carboxylic acids is 1. The van der Waals surface area contributed by atoms with Crippen LogP contribution in [0.25, 0.3) is 0 Å². The van der Waals surface area contributed by atoms with Gasteiger partial charge in [-0.05, 0) is 31.4 Å². The summed E-state index contributed by atoms with van der Waals surface area (Å²) in [7, 11) is 0. The highest BCUT2D eigenvalue weighted by Crippen LogP contribution is 2.22. The van der Waals surface area contributed by atoms with Gasteiger partial charge in [0, 0.05) is 28.6 Å². The monoisotopic (exact) mass is 348 g/mol. The van der Waals surface area contributed by atoms with Crippen LogP contribution in [0.5, 0.6) is 0 Å². The number of thiophene rings is 1. The number of nitro groups is 1. The molecule has 1 aromatic carbocycles. The molecule has 7 nitrogen and oxygen atoms in total. The molecule has 126 valence electrons. The van der Waals surface area contributed by atoms with Crippen LogP contribution in [0, 0.1) is 10.1 Å². The summed E-state index contributed by atoms with van der Waals surface area (Å²) < 4.78 is 0. The molecule has 24 heavy (non-hydrogen) atoms. The van der Waals surface area contributed by atoms with Crippen molar-refractivity contribution in [2.75, 3.05) is 0 Å². The maximum absolute atomic E-state index is 12.8. The molecule has 1 amide bonds. The standard InChI is InChI=1S/C16H16N2O5S/c1-10(2)17(9-14-4-3-5-24-14)15(19)11-6-12(16(20)21)8-13(7-11)18(22)23/h3-8,10H,9H2,1-2H3,(H,20,21). The number of benzene rings is 1. The molecule has 0 bridgehead atoms. The zero-order valence-electron chi connectivity index (χ0n) is 13.1. The van der Waals surface area contributed by atoms with E-state index in [2.05, 4.69) is 0 Å². The van der Waals surface area contributed by atoms with E-state index in [0.29, 0.717) is 6.54 Å². The van der Waals surface area contributed by atoms with Crippen molar-refractivity contribution < 1.29 is 19.6 Å². The van der Waals surface area contributed by atoms with Crippen molar-refractivity contribution in [3.63, 3.8) is 0 Å². The van der Waals surface area contributed by atoms with Crippen molar-refractivity contribution in [3.8, 4) is 0 Å². The third kappa shape index (κ3) is 3.96.